The highest BCUT2D eigenvalue weighted by atomic mass is 79.9. The van der Waals surface area contributed by atoms with Gasteiger partial charge in [-0.3, -0.25) is 0 Å². The molecule has 4 heteroatoms. The summed E-state index contributed by atoms with van der Waals surface area (Å²) in [6.07, 6.45) is 3.29. The van der Waals surface area contributed by atoms with Gasteiger partial charge in [0.1, 0.15) is 5.75 Å². The Bertz CT molecular complexity index is 444. The van der Waals surface area contributed by atoms with Crippen molar-refractivity contribution in [3.8, 4) is 5.75 Å². The van der Waals surface area contributed by atoms with Gasteiger partial charge >= 0.3 is 0 Å². The van der Waals surface area contributed by atoms with Crippen molar-refractivity contribution in [1.82, 2.24) is 0 Å². The zero-order chi connectivity index (χ0) is 12.5. The molecule has 0 saturated carbocycles. The monoisotopic (exact) mass is 330 g/mol. The third-order valence-electron chi connectivity index (χ3n) is 3.68. The first-order chi connectivity index (χ1) is 8.75. The fraction of sp³-hybridized carbons (Fsp3) is 0.571. The molecule has 3 rings (SSSR count). The van der Waals surface area contributed by atoms with Crippen LogP contribution in [0.2, 0.25) is 5.02 Å². The minimum absolute atomic E-state index is 0.267. The Morgan fingerprint density at radius 2 is 2.22 bits per heavy atom. The van der Waals surface area contributed by atoms with E-state index in [1.165, 1.54) is 17.5 Å². The SMILES string of the molecule is Clc1cc2c(c(C(Br)C3CCCOC3)c1)OCC2. The van der Waals surface area contributed by atoms with Gasteiger partial charge in [-0.15, -0.1) is 0 Å². The molecule has 98 valence electrons. The van der Waals surface area contributed by atoms with Gasteiger partial charge in [-0.25, -0.2) is 0 Å². The molecule has 2 aliphatic rings. The van der Waals surface area contributed by atoms with Crippen molar-refractivity contribution in [2.45, 2.75) is 24.1 Å². The van der Waals surface area contributed by atoms with E-state index in [2.05, 4.69) is 15.9 Å². The quantitative estimate of drug-likeness (QED) is 0.758. The van der Waals surface area contributed by atoms with Gasteiger partial charge in [-0.05, 0) is 36.5 Å². The van der Waals surface area contributed by atoms with E-state index in [4.69, 9.17) is 21.1 Å². The zero-order valence-corrected chi connectivity index (χ0v) is 12.5. The smallest absolute Gasteiger partial charge is 0.127 e. The molecule has 1 aromatic carbocycles. The van der Waals surface area contributed by atoms with Crippen LogP contribution in [0.1, 0.15) is 28.8 Å². The van der Waals surface area contributed by atoms with Gasteiger partial charge in [0.2, 0.25) is 0 Å². The van der Waals surface area contributed by atoms with Crippen LogP contribution in [0.4, 0.5) is 0 Å². The van der Waals surface area contributed by atoms with Crippen LogP contribution < -0.4 is 4.74 Å². The summed E-state index contributed by atoms with van der Waals surface area (Å²) in [6.45, 7) is 2.47. The molecule has 0 spiro atoms. The largest absolute Gasteiger partial charge is 0.493 e. The second kappa shape index (κ2) is 5.40. The number of benzene rings is 1. The predicted octanol–water partition coefficient (Wildman–Crippen LogP) is 4.14. The molecule has 0 bridgehead atoms. The Hall–Kier alpha value is -0.250. The van der Waals surface area contributed by atoms with Crippen molar-refractivity contribution < 1.29 is 9.47 Å². The maximum Gasteiger partial charge on any atom is 0.127 e. The van der Waals surface area contributed by atoms with Crippen LogP contribution in [0.15, 0.2) is 12.1 Å². The molecule has 2 atom stereocenters. The first-order valence-electron chi connectivity index (χ1n) is 6.42. The van der Waals surface area contributed by atoms with Crippen molar-refractivity contribution >= 4 is 27.5 Å². The fourth-order valence-electron chi connectivity index (χ4n) is 2.75. The number of fused-ring (bicyclic) bond motifs is 1. The van der Waals surface area contributed by atoms with Crippen molar-refractivity contribution in [1.29, 1.82) is 0 Å². The van der Waals surface area contributed by atoms with Crippen LogP contribution in [-0.2, 0) is 11.2 Å². The van der Waals surface area contributed by atoms with Crippen LogP contribution >= 0.6 is 27.5 Å². The lowest BCUT2D eigenvalue weighted by Gasteiger charge is -2.27. The highest BCUT2D eigenvalue weighted by Gasteiger charge is 2.28. The molecule has 0 aliphatic carbocycles. The predicted molar refractivity (Wildman–Crippen MR) is 75.9 cm³/mol. The molecule has 0 radical (unpaired) electrons. The molecule has 0 amide bonds. The van der Waals surface area contributed by atoms with E-state index >= 15 is 0 Å². The molecule has 2 heterocycles. The van der Waals surface area contributed by atoms with Crippen molar-refractivity contribution in [2.75, 3.05) is 19.8 Å². The summed E-state index contributed by atoms with van der Waals surface area (Å²) < 4.78 is 11.3. The first kappa shape index (κ1) is 12.8. The fourth-order valence-corrected chi connectivity index (χ4v) is 3.76. The van der Waals surface area contributed by atoms with Crippen LogP contribution in [0.25, 0.3) is 0 Å². The number of halogens is 2. The minimum Gasteiger partial charge on any atom is -0.493 e. The van der Waals surface area contributed by atoms with Gasteiger partial charge in [-0.1, -0.05) is 27.5 Å². The molecule has 2 aliphatic heterocycles. The van der Waals surface area contributed by atoms with E-state index in [0.717, 1.165) is 43.4 Å². The summed E-state index contributed by atoms with van der Waals surface area (Å²) in [7, 11) is 0. The number of hydrogen-bond donors (Lipinski definition) is 0. The molecule has 2 nitrogen and oxygen atoms in total. The van der Waals surface area contributed by atoms with Gasteiger partial charge in [0.15, 0.2) is 0 Å². The van der Waals surface area contributed by atoms with Crippen LogP contribution in [0.5, 0.6) is 5.75 Å². The van der Waals surface area contributed by atoms with Crippen LogP contribution in [0, 0.1) is 5.92 Å². The second-order valence-electron chi connectivity index (χ2n) is 4.96. The number of hydrogen-bond acceptors (Lipinski definition) is 2. The van der Waals surface area contributed by atoms with Crippen LogP contribution in [0.3, 0.4) is 0 Å². The molecular weight excluding hydrogens is 316 g/mol. The van der Waals surface area contributed by atoms with E-state index in [0.29, 0.717) is 5.92 Å². The second-order valence-corrected chi connectivity index (χ2v) is 6.38. The third kappa shape index (κ3) is 2.40. The Balaban J connectivity index is 1.91. The molecular formula is C14H16BrClO2. The Kier molecular flexibility index (Phi) is 3.83. The van der Waals surface area contributed by atoms with E-state index in [9.17, 15) is 0 Å². The number of ether oxygens (including phenoxy) is 2. The van der Waals surface area contributed by atoms with Crippen molar-refractivity contribution in [3.63, 3.8) is 0 Å². The maximum atomic E-state index is 6.20. The molecule has 0 aromatic heterocycles. The average Bonchev–Trinajstić information content (AvgIpc) is 2.86. The zero-order valence-electron chi connectivity index (χ0n) is 10.1. The summed E-state index contributed by atoms with van der Waals surface area (Å²) in [5.41, 5.74) is 2.42. The summed E-state index contributed by atoms with van der Waals surface area (Å²) >= 11 is 10.0. The third-order valence-corrected chi connectivity index (χ3v) is 5.14. The van der Waals surface area contributed by atoms with E-state index < -0.39 is 0 Å². The van der Waals surface area contributed by atoms with Crippen molar-refractivity contribution in [2.24, 2.45) is 5.92 Å². The highest BCUT2D eigenvalue weighted by Crippen LogP contribution is 2.44. The number of alkyl halides is 1. The van der Waals surface area contributed by atoms with E-state index in [-0.39, 0.29) is 4.83 Å². The van der Waals surface area contributed by atoms with Gasteiger partial charge in [-0.2, -0.15) is 0 Å². The van der Waals surface area contributed by atoms with Gasteiger partial charge in [0, 0.05) is 28.4 Å². The lowest BCUT2D eigenvalue weighted by atomic mass is 9.92. The van der Waals surface area contributed by atoms with Gasteiger partial charge in [0.25, 0.3) is 0 Å². The lowest BCUT2D eigenvalue weighted by Crippen LogP contribution is -2.21. The van der Waals surface area contributed by atoms with Gasteiger partial charge in [0.05, 0.1) is 13.2 Å². The molecule has 18 heavy (non-hydrogen) atoms. The molecule has 1 saturated heterocycles. The van der Waals surface area contributed by atoms with Crippen molar-refractivity contribution in [3.05, 3.63) is 28.3 Å². The molecule has 0 N–H and O–H groups in total. The standard InChI is InChI=1S/C14H16BrClO2/c15-13(10-2-1-4-17-8-10)12-7-11(16)6-9-3-5-18-14(9)12/h6-7,10,13H,1-5,8H2. The summed E-state index contributed by atoms with van der Waals surface area (Å²) in [5, 5.41) is 0.801. The Morgan fingerprint density at radius 1 is 1.33 bits per heavy atom. The van der Waals surface area contributed by atoms with E-state index in [1.54, 1.807) is 0 Å². The summed E-state index contributed by atoms with van der Waals surface area (Å²) in [5.74, 6) is 1.54. The highest BCUT2D eigenvalue weighted by molar-refractivity contribution is 9.09. The lowest BCUT2D eigenvalue weighted by molar-refractivity contribution is 0.0544. The molecule has 1 fully saturated rings. The average molecular weight is 332 g/mol. The van der Waals surface area contributed by atoms with Gasteiger partial charge < -0.3 is 9.47 Å². The topological polar surface area (TPSA) is 18.5 Å². The van der Waals surface area contributed by atoms with E-state index in [1.807, 2.05) is 12.1 Å². The molecule has 2 unspecified atom stereocenters. The number of rotatable bonds is 2. The first-order valence-corrected chi connectivity index (χ1v) is 7.72. The summed E-state index contributed by atoms with van der Waals surface area (Å²) in [6, 6.07) is 4.05. The normalized spacial score (nSPS) is 24.4. The molecule has 1 aromatic rings. The summed E-state index contributed by atoms with van der Waals surface area (Å²) in [4.78, 5) is 0.267. The maximum absolute atomic E-state index is 6.20. The Labute approximate surface area is 121 Å². The Morgan fingerprint density at radius 3 is 3.00 bits per heavy atom. The van der Waals surface area contributed by atoms with Crippen LogP contribution in [-0.4, -0.2) is 19.8 Å². The minimum atomic E-state index is 0.267.